The Morgan fingerprint density at radius 3 is 2.95 bits per heavy atom. The van der Waals surface area contributed by atoms with Crippen LogP contribution in [0.15, 0.2) is 24.3 Å². The van der Waals surface area contributed by atoms with Crippen molar-refractivity contribution in [3.05, 3.63) is 24.3 Å². The SMILES string of the molecule is NC1(C(=O)Nc2cccc(OCC(=O)O)c2)CCOC1. The molecule has 2 rings (SSSR count). The molecule has 20 heavy (non-hydrogen) atoms. The lowest BCUT2D eigenvalue weighted by Gasteiger charge is -2.20. The third-order valence-corrected chi connectivity index (χ3v) is 2.96. The molecular formula is C13H16N2O5. The van der Waals surface area contributed by atoms with Crippen LogP contribution in [0.5, 0.6) is 5.75 Å². The quantitative estimate of drug-likeness (QED) is 0.711. The van der Waals surface area contributed by atoms with Crippen LogP contribution in [-0.4, -0.2) is 42.3 Å². The molecule has 1 fully saturated rings. The highest BCUT2D eigenvalue weighted by Crippen LogP contribution is 2.21. The fourth-order valence-electron chi connectivity index (χ4n) is 1.82. The topological polar surface area (TPSA) is 111 Å². The molecule has 1 saturated heterocycles. The van der Waals surface area contributed by atoms with Gasteiger partial charge in [0.25, 0.3) is 0 Å². The van der Waals surface area contributed by atoms with Gasteiger partial charge in [-0.05, 0) is 18.6 Å². The number of nitrogens with two attached hydrogens (primary N) is 1. The number of rotatable bonds is 5. The van der Waals surface area contributed by atoms with Crippen molar-refractivity contribution in [1.82, 2.24) is 0 Å². The second-order valence-corrected chi connectivity index (χ2v) is 4.62. The maximum Gasteiger partial charge on any atom is 0.341 e. The monoisotopic (exact) mass is 280 g/mol. The number of carboxylic acid groups (broad SMARTS) is 1. The number of carbonyl (C=O) groups excluding carboxylic acids is 1. The first kappa shape index (κ1) is 14.3. The van der Waals surface area contributed by atoms with Gasteiger partial charge >= 0.3 is 5.97 Å². The van der Waals surface area contributed by atoms with Crippen LogP contribution in [-0.2, 0) is 14.3 Å². The molecule has 108 valence electrons. The number of benzene rings is 1. The Balaban J connectivity index is 2.00. The molecule has 1 aliphatic heterocycles. The number of hydrogen-bond acceptors (Lipinski definition) is 5. The van der Waals surface area contributed by atoms with Crippen molar-refractivity contribution in [2.75, 3.05) is 25.1 Å². The summed E-state index contributed by atoms with van der Waals surface area (Å²) in [5.74, 6) is -1.03. The largest absolute Gasteiger partial charge is 0.482 e. The molecule has 7 heteroatoms. The Morgan fingerprint density at radius 1 is 1.50 bits per heavy atom. The minimum Gasteiger partial charge on any atom is -0.482 e. The Labute approximate surface area is 115 Å². The zero-order valence-corrected chi connectivity index (χ0v) is 10.8. The van der Waals surface area contributed by atoms with Gasteiger partial charge in [-0.15, -0.1) is 0 Å². The van der Waals surface area contributed by atoms with Crippen LogP contribution < -0.4 is 15.8 Å². The Kier molecular flexibility index (Phi) is 4.21. The Morgan fingerprint density at radius 2 is 2.30 bits per heavy atom. The van der Waals surface area contributed by atoms with E-state index in [0.29, 0.717) is 24.5 Å². The summed E-state index contributed by atoms with van der Waals surface area (Å²) in [5, 5.41) is 11.2. The van der Waals surface area contributed by atoms with E-state index in [-0.39, 0.29) is 12.5 Å². The van der Waals surface area contributed by atoms with Gasteiger partial charge in [-0.3, -0.25) is 4.79 Å². The Hall–Kier alpha value is -2.12. The number of anilines is 1. The zero-order valence-electron chi connectivity index (χ0n) is 10.8. The second-order valence-electron chi connectivity index (χ2n) is 4.62. The van der Waals surface area contributed by atoms with Crippen molar-refractivity contribution in [2.45, 2.75) is 12.0 Å². The van der Waals surface area contributed by atoms with Crippen molar-refractivity contribution in [3.8, 4) is 5.75 Å². The smallest absolute Gasteiger partial charge is 0.341 e. The van der Waals surface area contributed by atoms with Gasteiger partial charge in [-0.2, -0.15) is 0 Å². The highest BCUT2D eigenvalue weighted by Gasteiger charge is 2.38. The summed E-state index contributed by atoms with van der Waals surface area (Å²) in [5.41, 5.74) is 5.42. The lowest BCUT2D eigenvalue weighted by molar-refractivity contribution is -0.139. The highest BCUT2D eigenvalue weighted by atomic mass is 16.5. The normalized spacial score (nSPS) is 21.4. The molecule has 0 bridgehead atoms. The lowest BCUT2D eigenvalue weighted by atomic mass is 9.99. The molecule has 1 amide bonds. The van der Waals surface area contributed by atoms with E-state index < -0.39 is 18.1 Å². The molecule has 4 N–H and O–H groups in total. The fraction of sp³-hybridized carbons (Fsp3) is 0.385. The highest BCUT2D eigenvalue weighted by molar-refractivity contribution is 5.98. The number of ether oxygens (including phenoxy) is 2. The third-order valence-electron chi connectivity index (χ3n) is 2.96. The summed E-state index contributed by atoms with van der Waals surface area (Å²) < 4.78 is 10.2. The zero-order chi connectivity index (χ0) is 14.6. The summed E-state index contributed by atoms with van der Waals surface area (Å²) in [6, 6.07) is 6.47. The van der Waals surface area contributed by atoms with E-state index in [4.69, 9.17) is 20.3 Å². The number of nitrogens with one attached hydrogen (secondary N) is 1. The van der Waals surface area contributed by atoms with Gasteiger partial charge in [0.2, 0.25) is 5.91 Å². The average Bonchev–Trinajstić information content (AvgIpc) is 2.85. The first-order valence-electron chi connectivity index (χ1n) is 6.12. The van der Waals surface area contributed by atoms with Gasteiger partial charge in [0.05, 0.1) is 6.61 Å². The summed E-state index contributed by atoms with van der Waals surface area (Å²) in [4.78, 5) is 22.5. The van der Waals surface area contributed by atoms with E-state index in [1.54, 1.807) is 24.3 Å². The molecule has 0 saturated carbocycles. The molecule has 1 aliphatic rings. The number of aliphatic carboxylic acids is 1. The molecule has 7 nitrogen and oxygen atoms in total. The maximum atomic E-state index is 12.1. The molecule has 1 aromatic rings. The van der Waals surface area contributed by atoms with Crippen LogP contribution in [0.1, 0.15) is 6.42 Å². The van der Waals surface area contributed by atoms with Crippen molar-refractivity contribution >= 4 is 17.6 Å². The standard InChI is InChI=1S/C13H16N2O5/c14-13(4-5-19-8-13)12(18)15-9-2-1-3-10(6-9)20-7-11(16)17/h1-3,6H,4-5,7-8,14H2,(H,15,18)(H,16,17). The van der Waals surface area contributed by atoms with E-state index in [2.05, 4.69) is 5.32 Å². The number of hydrogen-bond donors (Lipinski definition) is 3. The van der Waals surface area contributed by atoms with Crippen LogP contribution in [0.25, 0.3) is 0 Å². The molecule has 0 aliphatic carbocycles. The van der Waals surface area contributed by atoms with E-state index in [0.717, 1.165) is 0 Å². The molecule has 1 aromatic carbocycles. The Bertz CT molecular complexity index is 511. The first-order chi connectivity index (χ1) is 9.49. The molecule has 1 atom stereocenters. The lowest BCUT2D eigenvalue weighted by Crippen LogP contribution is -2.51. The summed E-state index contributed by atoms with van der Waals surface area (Å²) in [6.07, 6.45) is 0.466. The molecular weight excluding hydrogens is 264 g/mol. The first-order valence-corrected chi connectivity index (χ1v) is 6.12. The molecule has 0 radical (unpaired) electrons. The maximum absolute atomic E-state index is 12.1. The second kappa shape index (κ2) is 5.89. The van der Waals surface area contributed by atoms with Gasteiger partial charge in [0, 0.05) is 18.4 Å². The molecule has 0 spiro atoms. The van der Waals surface area contributed by atoms with Crippen LogP contribution in [0.2, 0.25) is 0 Å². The third kappa shape index (κ3) is 3.46. The van der Waals surface area contributed by atoms with E-state index in [1.165, 1.54) is 0 Å². The van der Waals surface area contributed by atoms with E-state index in [1.807, 2.05) is 0 Å². The number of carbonyl (C=O) groups is 2. The average molecular weight is 280 g/mol. The minimum atomic E-state index is -1.07. The molecule has 1 heterocycles. The molecule has 0 aromatic heterocycles. The van der Waals surface area contributed by atoms with Crippen LogP contribution >= 0.6 is 0 Å². The van der Waals surface area contributed by atoms with Gasteiger partial charge in [0.1, 0.15) is 11.3 Å². The summed E-state index contributed by atoms with van der Waals surface area (Å²) in [6.45, 7) is 0.214. The van der Waals surface area contributed by atoms with E-state index in [9.17, 15) is 9.59 Å². The van der Waals surface area contributed by atoms with Crippen molar-refractivity contribution in [3.63, 3.8) is 0 Å². The van der Waals surface area contributed by atoms with Gasteiger partial charge in [0.15, 0.2) is 6.61 Å². The fourth-order valence-corrected chi connectivity index (χ4v) is 1.82. The van der Waals surface area contributed by atoms with Crippen LogP contribution in [0.4, 0.5) is 5.69 Å². The van der Waals surface area contributed by atoms with Gasteiger partial charge in [-0.25, -0.2) is 4.79 Å². The predicted octanol–water partition coefficient (Wildman–Crippen LogP) is 0.206. The summed E-state index contributed by atoms with van der Waals surface area (Å²) >= 11 is 0. The predicted molar refractivity (Wildman–Crippen MR) is 70.6 cm³/mol. The van der Waals surface area contributed by atoms with Gasteiger partial charge in [-0.1, -0.05) is 6.07 Å². The van der Waals surface area contributed by atoms with Crippen molar-refractivity contribution in [1.29, 1.82) is 0 Å². The molecule has 1 unspecified atom stereocenters. The van der Waals surface area contributed by atoms with Crippen LogP contribution in [0, 0.1) is 0 Å². The van der Waals surface area contributed by atoms with Gasteiger partial charge < -0.3 is 25.6 Å². The van der Waals surface area contributed by atoms with Crippen molar-refractivity contribution < 1.29 is 24.2 Å². The van der Waals surface area contributed by atoms with Crippen LogP contribution in [0.3, 0.4) is 0 Å². The van der Waals surface area contributed by atoms with E-state index >= 15 is 0 Å². The minimum absolute atomic E-state index is 0.189. The number of amides is 1. The van der Waals surface area contributed by atoms with Crippen molar-refractivity contribution in [2.24, 2.45) is 5.73 Å². The summed E-state index contributed by atoms with van der Waals surface area (Å²) in [7, 11) is 0. The number of carboxylic acids is 1.